The lowest BCUT2D eigenvalue weighted by Crippen LogP contribution is -2.25. The summed E-state index contributed by atoms with van der Waals surface area (Å²) in [7, 11) is 0. The van der Waals surface area contributed by atoms with Gasteiger partial charge < -0.3 is 10.6 Å². The summed E-state index contributed by atoms with van der Waals surface area (Å²) in [4.78, 5) is 18.7. The van der Waals surface area contributed by atoms with Crippen LogP contribution >= 0.6 is 12.4 Å². The number of nitrogens with zero attached hydrogens (tertiary/aromatic N) is 2. The first kappa shape index (κ1) is 9.93. The Labute approximate surface area is 69.5 Å². The Kier molecular flexibility index (Phi) is 4.24. The van der Waals surface area contributed by atoms with Gasteiger partial charge in [-0.1, -0.05) is 0 Å². The number of rotatable bonds is 2. The molecule has 5 nitrogen and oxygen atoms in total. The Morgan fingerprint density at radius 3 is 2.91 bits per heavy atom. The molecule has 6 heteroatoms. The van der Waals surface area contributed by atoms with Crippen molar-refractivity contribution in [3.8, 4) is 0 Å². The normalized spacial score (nSPS) is 8.45. The topological polar surface area (TPSA) is 70.1 Å². The number of aromatic nitrogens is 2. The van der Waals surface area contributed by atoms with Crippen molar-refractivity contribution in [3.05, 3.63) is 18.7 Å². The van der Waals surface area contributed by atoms with Crippen LogP contribution in [-0.2, 0) is 4.79 Å². The third-order valence-electron chi connectivity index (χ3n) is 0.854. The number of hydrogen-bond acceptors (Lipinski definition) is 4. The molecule has 11 heavy (non-hydrogen) atoms. The molecule has 0 bridgehead atoms. The minimum atomic E-state index is -0.488. The molecule has 0 spiro atoms. The van der Waals surface area contributed by atoms with Crippen LogP contribution in [0.3, 0.4) is 0 Å². The zero-order valence-electron chi connectivity index (χ0n) is 5.64. The molecule has 1 aromatic heterocycles. The molecule has 0 aliphatic heterocycles. The van der Waals surface area contributed by atoms with E-state index in [0.717, 1.165) is 0 Å². The molecule has 0 amide bonds. The standard InChI is InChI=1S/C5H7N3O2.ClH/c6-3-5(9)10-8-2-1-7-4-8;/h1-2,4H,3,6H2;1H. The highest BCUT2D eigenvalue weighted by molar-refractivity contribution is 5.85. The zero-order chi connectivity index (χ0) is 7.40. The van der Waals surface area contributed by atoms with Crippen molar-refractivity contribution in [3.63, 3.8) is 0 Å². The van der Waals surface area contributed by atoms with Crippen molar-refractivity contribution in [1.29, 1.82) is 0 Å². The van der Waals surface area contributed by atoms with E-state index in [1.807, 2.05) is 0 Å². The summed E-state index contributed by atoms with van der Waals surface area (Å²) in [5, 5.41) is 0. The van der Waals surface area contributed by atoms with E-state index in [1.165, 1.54) is 23.5 Å². The van der Waals surface area contributed by atoms with Gasteiger partial charge in [0.25, 0.3) is 0 Å². The average molecular weight is 178 g/mol. The van der Waals surface area contributed by atoms with Crippen LogP contribution in [0, 0.1) is 0 Å². The monoisotopic (exact) mass is 177 g/mol. The molecule has 0 fully saturated rings. The molecule has 0 saturated carbocycles. The Morgan fingerprint density at radius 1 is 1.73 bits per heavy atom. The van der Waals surface area contributed by atoms with Crippen LogP contribution in [0.15, 0.2) is 18.7 Å². The van der Waals surface area contributed by atoms with E-state index in [4.69, 9.17) is 5.73 Å². The summed E-state index contributed by atoms with van der Waals surface area (Å²) in [6.45, 7) is -0.127. The van der Waals surface area contributed by atoms with Crippen LogP contribution < -0.4 is 10.6 Å². The van der Waals surface area contributed by atoms with Gasteiger partial charge in [-0.15, -0.1) is 12.4 Å². The van der Waals surface area contributed by atoms with Crippen LogP contribution in [0.2, 0.25) is 0 Å². The van der Waals surface area contributed by atoms with Crippen LogP contribution in [0.4, 0.5) is 0 Å². The SMILES string of the molecule is Cl.NCC(=O)On1ccnc1. The predicted octanol–water partition coefficient (Wildman–Crippen LogP) is -0.781. The largest absolute Gasteiger partial charge is 0.346 e. The molecule has 1 aromatic rings. The van der Waals surface area contributed by atoms with Crippen molar-refractivity contribution in [1.82, 2.24) is 9.71 Å². The van der Waals surface area contributed by atoms with Gasteiger partial charge in [-0.3, -0.25) is 0 Å². The quantitative estimate of drug-likeness (QED) is 0.644. The molecule has 0 aliphatic rings. The second-order valence-electron chi connectivity index (χ2n) is 1.59. The van der Waals surface area contributed by atoms with E-state index in [-0.39, 0.29) is 19.0 Å². The Hall–Kier alpha value is -1.07. The number of hydrogen-bond donors (Lipinski definition) is 1. The van der Waals surface area contributed by atoms with Crippen molar-refractivity contribution in [2.75, 3.05) is 6.54 Å². The predicted molar refractivity (Wildman–Crippen MR) is 40.1 cm³/mol. The summed E-state index contributed by atoms with van der Waals surface area (Å²) in [5.74, 6) is -0.488. The Morgan fingerprint density at radius 2 is 2.45 bits per heavy atom. The highest BCUT2D eigenvalue weighted by Crippen LogP contribution is 1.79. The van der Waals surface area contributed by atoms with E-state index < -0.39 is 5.97 Å². The number of carbonyl (C=O) groups is 1. The van der Waals surface area contributed by atoms with Crippen LogP contribution in [0.5, 0.6) is 0 Å². The lowest BCUT2D eigenvalue weighted by atomic mass is 10.7. The van der Waals surface area contributed by atoms with E-state index in [1.54, 1.807) is 0 Å². The third-order valence-corrected chi connectivity index (χ3v) is 0.854. The smallest absolute Gasteiger partial charge is 0.334 e. The summed E-state index contributed by atoms with van der Waals surface area (Å²) >= 11 is 0. The number of carbonyl (C=O) groups excluding carboxylic acids is 1. The van der Waals surface area contributed by atoms with Gasteiger partial charge >= 0.3 is 5.97 Å². The van der Waals surface area contributed by atoms with Crippen LogP contribution in [0.25, 0.3) is 0 Å². The molecular weight excluding hydrogens is 170 g/mol. The zero-order valence-corrected chi connectivity index (χ0v) is 6.45. The molecule has 1 heterocycles. The molecule has 0 aromatic carbocycles. The van der Waals surface area contributed by atoms with Crippen molar-refractivity contribution in [2.24, 2.45) is 5.73 Å². The lowest BCUT2D eigenvalue weighted by molar-refractivity contribution is -0.142. The fourth-order valence-corrected chi connectivity index (χ4v) is 0.456. The summed E-state index contributed by atoms with van der Waals surface area (Å²) in [6.07, 6.45) is 4.38. The van der Waals surface area contributed by atoms with Gasteiger partial charge in [0.15, 0.2) is 0 Å². The molecule has 0 atom stereocenters. The van der Waals surface area contributed by atoms with Crippen molar-refractivity contribution >= 4 is 18.4 Å². The Bertz CT molecular complexity index is 212. The lowest BCUT2D eigenvalue weighted by Gasteiger charge is -1.98. The first-order valence-corrected chi connectivity index (χ1v) is 2.72. The van der Waals surface area contributed by atoms with Crippen molar-refractivity contribution < 1.29 is 9.63 Å². The van der Waals surface area contributed by atoms with Gasteiger partial charge in [0.2, 0.25) is 0 Å². The second-order valence-corrected chi connectivity index (χ2v) is 1.59. The fourth-order valence-electron chi connectivity index (χ4n) is 0.456. The molecule has 0 saturated heterocycles. The van der Waals surface area contributed by atoms with Gasteiger partial charge in [-0.05, 0) is 0 Å². The van der Waals surface area contributed by atoms with E-state index >= 15 is 0 Å². The molecule has 62 valence electrons. The maximum atomic E-state index is 10.5. The Balaban J connectivity index is 0.000001000. The van der Waals surface area contributed by atoms with Gasteiger partial charge in [-0.25, -0.2) is 9.78 Å². The molecule has 0 aliphatic carbocycles. The van der Waals surface area contributed by atoms with Gasteiger partial charge in [0.05, 0.1) is 12.7 Å². The maximum absolute atomic E-state index is 10.5. The van der Waals surface area contributed by atoms with Crippen LogP contribution in [-0.4, -0.2) is 22.2 Å². The molecular formula is C5H8ClN3O2. The minimum Gasteiger partial charge on any atom is -0.334 e. The minimum absolute atomic E-state index is 0. The number of halogens is 1. The summed E-state index contributed by atoms with van der Waals surface area (Å²) < 4.78 is 1.19. The second kappa shape index (κ2) is 4.70. The van der Waals surface area contributed by atoms with E-state index in [2.05, 4.69) is 9.82 Å². The van der Waals surface area contributed by atoms with Gasteiger partial charge in [0.1, 0.15) is 6.33 Å². The van der Waals surface area contributed by atoms with Crippen LogP contribution in [0.1, 0.15) is 0 Å². The summed E-state index contributed by atoms with van der Waals surface area (Å²) in [5.41, 5.74) is 4.98. The average Bonchev–Trinajstić information content (AvgIpc) is 2.40. The van der Waals surface area contributed by atoms with E-state index in [0.29, 0.717) is 0 Å². The summed E-state index contributed by atoms with van der Waals surface area (Å²) in [6, 6.07) is 0. The first-order chi connectivity index (χ1) is 4.83. The molecule has 0 unspecified atom stereocenters. The van der Waals surface area contributed by atoms with Gasteiger partial charge in [0, 0.05) is 6.20 Å². The fraction of sp³-hybridized carbons (Fsp3) is 0.200. The molecule has 0 radical (unpaired) electrons. The molecule has 2 N–H and O–H groups in total. The molecule has 1 rings (SSSR count). The van der Waals surface area contributed by atoms with Crippen molar-refractivity contribution in [2.45, 2.75) is 0 Å². The highest BCUT2D eigenvalue weighted by atomic mass is 35.5. The van der Waals surface area contributed by atoms with E-state index in [9.17, 15) is 4.79 Å². The maximum Gasteiger partial charge on any atom is 0.346 e. The number of nitrogens with two attached hydrogens (primary N) is 1. The number of imidazole rings is 1. The first-order valence-electron chi connectivity index (χ1n) is 2.72. The highest BCUT2D eigenvalue weighted by Gasteiger charge is 1.97. The third kappa shape index (κ3) is 3.01. The van der Waals surface area contributed by atoms with Gasteiger partial charge in [-0.2, -0.15) is 4.73 Å².